The van der Waals surface area contributed by atoms with Crippen LogP contribution in [0.25, 0.3) is 16.9 Å². The molecule has 0 spiro atoms. The molecule has 0 saturated carbocycles. The van der Waals surface area contributed by atoms with Crippen LogP contribution in [0, 0.1) is 0 Å². The summed E-state index contributed by atoms with van der Waals surface area (Å²) in [6.45, 7) is 0. The first-order valence-electron chi connectivity index (χ1n) is 5.76. The SMILES string of the molecule is O=c1cc(-c2cccnc2)[nH]n1-c1cccc(O)c1. The van der Waals surface area contributed by atoms with Crippen LogP contribution in [-0.4, -0.2) is 19.9 Å². The van der Waals surface area contributed by atoms with E-state index < -0.39 is 0 Å². The first-order chi connectivity index (χ1) is 9.24. The monoisotopic (exact) mass is 253 g/mol. The van der Waals surface area contributed by atoms with Crippen molar-refractivity contribution in [3.63, 3.8) is 0 Å². The van der Waals surface area contributed by atoms with Gasteiger partial charge in [0.2, 0.25) is 0 Å². The molecule has 1 aromatic carbocycles. The van der Waals surface area contributed by atoms with E-state index in [0.717, 1.165) is 5.56 Å². The van der Waals surface area contributed by atoms with Gasteiger partial charge in [-0.2, -0.15) is 0 Å². The van der Waals surface area contributed by atoms with Crippen molar-refractivity contribution in [3.8, 4) is 22.7 Å². The van der Waals surface area contributed by atoms with Gasteiger partial charge < -0.3 is 5.11 Å². The van der Waals surface area contributed by atoms with Crippen molar-refractivity contribution in [3.05, 3.63) is 65.2 Å². The first kappa shape index (κ1) is 11.3. The molecule has 0 bridgehead atoms. The fourth-order valence-electron chi connectivity index (χ4n) is 1.89. The molecule has 0 aliphatic heterocycles. The zero-order chi connectivity index (χ0) is 13.2. The maximum Gasteiger partial charge on any atom is 0.271 e. The number of nitrogens with zero attached hydrogens (tertiary/aromatic N) is 2. The normalized spacial score (nSPS) is 10.5. The van der Waals surface area contributed by atoms with Crippen molar-refractivity contribution < 1.29 is 5.11 Å². The number of phenolic OH excluding ortho intramolecular Hbond substituents is 1. The highest BCUT2D eigenvalue weighted by Gasteiger charge is 2.07. The molecule has 5 heteroatoms. The number of aromatic nitrogens is 3. The van der Waals surface area contributed by atoms with Gasteiger partial charge in [-0.25, -0.2) is 4.68 Å². The second-order valence-corrected chi connectivity index (χ2v) is 4.11. The number of hydrogen-bond donors (Lipinski definition) is 2. The Morgan fingerprint density at radius 3 is 2.79 bits per heavy atom. The number of benzene rings is 1. The number of aromatic hydroxyl groups is 1. The Kier molecular flexibility index (Phi) is 2.64. The fourth-order valence-corrected chi connectivity index (χ4v) is 1.89. The lowest BCUT2D eigenvalue weighted by Crippen LogP contribution is -2.13. The second kappa shape index (κ2) is 4.45. The molecular weight excluding hydrogens is 242 g/mol. The predicted molar refractivity (Wildman–Crippen MR) is 71.3 cm³/mol. The minimum absolute atomic E-state index is 0.113. The molecule has 0 atom stereocenters. The van der Waals surface area contributed by atoms with Crippen LogP contribution in [-0.2, 0) is 0 Å². The number of phenols is 1. The molecule has 2 aromatic heterocycles. The quantitative estimate of drug-likeness (QED) is 0.733. The summed E-state index contributed by atoms with van der Waals surface area (Å²) in [7, 11) is 0. The van der Waals surface area contributed by atoms with Crippen LogP contribution < -0.4 is 5.56 Å². The smallest absolute Gasteiger partial charge is 0.271 e. The summed E-state index contributed by atoms with van der Waals surface area (Å²) in [6.07, 6.45) is 3.35. The van der Waals surface area contributed by atoms with Crippen LogP contribution >= 0.6 is 0 Å². The lowest BCUT2D eigenvalue weighted by molar-refractivity contribution is 0.474. The van der Waals surface area contributed by atoms with E-state index in [1.165, 1.54) is 16.8 Å². The maximum absolute atomic E-state index is 12.0. The van der Waals surface area contributed by atoms with Crippen molar-refractivity contribution in [2.24, 2.45) is 0 Å². The topological polar surface area (TPSA) is 70.9 Å². The van der Waals surface area contributed by atoms with E-state index in [4.69, 9.17) is 0 Å². The Morgan fingerprint density at radius 2 is 2.05 bits per heavy atom. The van der Waals surface area contributed by atoms with Gasteiger partial charge in [-0.3, -0.25) is 14.9 Å². The van der Waals surface area contributed by atoms with Gasteiger partial charge in [0, 0.05) is 30.1 Å². The Morgan fingerprint density at radius 1 is 1.16 bits per heavy atom. The van der Waals surface area contributed by atoms with Crippen LogP contribution in [0.3, 0.4) is 0 Å². The molecule has 3 rings (SSSR count). The maximum atomic E-state index is 12.0. The van der Waals surface area contributed by atoms with E-state index in [9.17, 15) is 9.90 Å². The number of H-pyrrole nitrogens is 1. The lowest BCUT2D eigenvalue weighted by atomic mass is 10.2. The summed E-state index contributed by atoms with van der Waals surface area (Å²) >= 11 is 0. The van der Waals surface area contributed by atoms with Gasteiger partial charge in [0.05, 0.1) is 11.4 Å². The van der Waals surface area contributed by atoms with Gasteiger partial charge in [0.25, 0.3) is 5.56 Å². The Bertz CT molecular complexity index is 760. The zero-order valence-corrected chi connectivity index (χ0v) is 9.95. The third-order valence-corrected chi connectivity index (χ3v) is 2.78. The molecule has 0 fully saturated rings. The minimum atomic E-state index is -0.190. The first-order valence-corrected chi connectivity index (χ1v) is 5.76. The fraction of sp³-hybridized carbons (Fsp3) is 0. The minimum Gasteiger partial charge on any atom is -0.508 e. The molecule has 2 N–H and O–H groups in total. The third kappa shape index (κ3) is 2.13. The van der Waals surface area contributed by atoms with E-state index >= 15 is 0 Å². The number of hydrogen-bond acceptors (Lipinski definition) is 3. The van der Waals surface area contributed by atoms with Gasteiger partial charge >= 0.3 is 0 Å². The highest BCUT2D eigenvalue weighted by molar-refractivity contribution is 5.57. The molecule has 2 heterocycles. The standard InChI is InChI=1S/C14H11N3O2/c18-12-5-1-4-11(7-12)17-14(19)8-13(16-17)10-3-2-6-15-9-10/h1-9,16,18H. The molecule has 3 aromatic rings. The summed E-state index contributed by atoms with van der Waals surface area (Å²) in [6, 6.07) is 11.7. The Balaban J connectivity index is 2.10. The summed E-state index contributed by atoms with van der Waals surface area (Å²) in [5.74, 6) is 0.113. The zero-order valence-electron chi connectivity index (χ0n) is 9.95. The van der Waals surface area contributed by atoms with Crippen molar-refractivity contribution in [1.82, 2.24) is 14.8 Å². The van der Waals surface area contributed by atoms with Gasteiger partial charge in [0.1, 0.15) is 5.75 Å². The lowest BCUT2D eigenvalue weighted by Gasteiger charge is -2.02. The Labute approximate surface area is 108 Å². The van der Waals surface area contributed by atoms with Crippen LogP contribution in [0.4, 0.5) is 0 Å². The summed E-state index contributed by atoms with van der Waals surface area (Å²) in [5, 5.41) is 12.4. The molecular formula is C14H11N3O2. The van der Waals surface area contributed by atoms with E-state index in [2.05, 4.69) is 10.1 Å². The van der Waals surface area contributed by atoms with Crippen molar-refractivity contribution in [2.45, 2.75) is 0 Å². The van der Waals surface area contributed by atoms with E-state index in [0.29, 0.717) is 11.4 Å². The van der Waals surface area contributed by atoms with Gasteiger partial charge in [-0.15, -0.1) is 0 Å². The van der Waals surface area contributed by atoms with E-state index in [1.54, 1.807) is 36.7 Å². The van der Waals surface area contributed by atoms with Crippen LogP contribution in [0.1, 0.15) is 0 Å². The molecule has 0 aliphatic rings. The van der Waals surface area contributed by atoms with Gasteiger partial charge in [-0.05, 0) is 24.3 Å². The highest BCUT2D eigenvalue weighted by atomic mass is 16.3. The van der Waals surface area contributed by atoms with Crippen LogP contribution in [0.5, 0.6) is 5.75 Å². The second-order valence-electron chi connectivity index (χ2n) is 4.11. The molecule has 0 saturated heterocycles. The van der Waals surface area contributed by atoms with Crippen molar-refractivity contribution in [1.29, 1.82) is 0 Å². The number of pyridine rings is 1. The number of nitrogens with one attached hydrogen (secondary N) is 1. The molecule has 0 aliphatic carbocycles. The average Bonchev–Trinajstić information content (AvgIpc) is 2.82. The van der Waals surface area contributed by atoms with E-state index in [-0.39, 0.29) is 11.3 Å². The predicted octanol–water partition coefficient (Wildman–Crippen LogP) is 1.93. The van der Waals surface area contributed by atoms with Crippen molar-refractivity contribution in [2.75, 3.05) is 0 Å². The number of aromatic amines is 1. The van der Waals surface area contributed by atoms with Crippen LogP contribution in [0.2, 0.25) is 0 Å². The molecule has 0 unspecified atom stereocenters. The summed E-state index contributed by atoms with van der Waals surface area (Å²) in [4.78, 5) is 16.0. The average molecular weight is 253 g/mol. The Hall–Kier alpha value is -2.82. The molecule has 5 nitrogen and oxygen atoms in total. The van der Waals surface area contributed by atoms with Crippen molar-refractivity contribution >= 4 is 0 Å². The summed E-state index contributed by atoms with van der Waals surface area (Å²) in [5.41, 5.74) is 1.91. The molecule has 19 heavy (non-hydrogen) atoms. The van der Waals surface area contributed by atoms with Crippen LogP contribution in [0.15, 0.2) is 59.7 Å². The highest BCUT2D eigenvalue weighted by Crippen LogP contribution is 2.17. The molecule has 0 radical (unpaired) electrons. The van der Waals surface area contributed by atoms with Gasteiger partial charge in [-0.1, -0.05) is 6.07 Å². The largest absolute Gasteiger partial charge is 0.508 e. The number of rotatable bonds is 2. The molecule has 94 valence electrons. The molecule has 0 amide bonds. The van der Waals surface area contributed by atoms with E-state index in [1.807, 2.05) is 6.07 Å². The third-order valence-electron chi connectivity index (χ3n) is 2.78. The summed E-state index contributed by atoms with van der Waals surface area (Å²) < 4.78 is 1.38. The van der Waals surface area contributed by atoms with Gasteiger partial charge in [0.15, 0.2) is 0 Å².